The van der Waals surface area contributed by atoms with Crippen molar-refractivity contribution in [3.63, 3.8) is 0 Å². The number of imidazole rings is 1. The molecule has 2 aromatic carbocycles. The maximum absolute atomic E-state index is 12.1. The van der Waals surface area contributed by atoms with Gasteiger partial charge in [0.1, 0.15) is 0 Å². The van der Waals surface area contributed by atoms with Crippen molar-refractivity contribution < 1.29 is 14.4 Å². The average molecular weight is 498 g/mol. The molecule has 1 fully saturated rings. The third-order valence-electron chi connectivity index (χ3n) is 6.24. The van der Waals surface area contributed by atoms with Crippen LogP contribution in [0.15, 0.2) is 54.9 Å². The van der Waals surface area contributed by atoms with Crippen molar-refractivity contribution >= 4 is 46.0 Å². The van der Waals surface area contributed by atoms with Crippen LogP contribution in [0.2, 0.25) is 0 Å². The highest BCUT2D eigenvalue weighted by Gasteiger charge is 2.21. The van der Waals surface area contributed by atoms with Crippen LogP contribution >= 0.6 is 0 Å². The Morgan fingerprint density at radius 1 is 1.00 bits per heavy atom. The molecule has 0 saturated carbocycles. The van der Waals surface area contributed by atoms with Gasteiger partial charge in [0.25, 0.3) is 0 Å². The van der Waals surface area contributed by atoms with E-state index in [9.17, 15) is 14.4 Å². The quantitative estimate of drug-likeness (QED) is 0.353. The van der Waals surface area contributed by atoms with E-state index < -0.39 is 0 Å². The van der Waals surface area contributed by atoms with Crippen LogP contribution in [-0.2, 0) is 16.1 Å². The first-order valence-electron chi connectivity index (χ1n) is 12.1. The first kappa shape index (κ1) is 24.1. The molecule has 10 heteroatoms. The lowest BCUT2D eigenvalue weighted by atomic mass is 10.1. The van der Waals surface area contributed by atoms with Crippen LogP contribution in [0.1, 0.15) is 37.0 Å². The number of nitrogens with zero attached hydrogens (tertiary/aromatic N) is 5. The summed E-state index contributed by atoms with van der Waals surface area (Å²) >= 11 is 0. The highest BCUT2D eigenvalue weighted by Crippen LogP contribution is 2.28. The van der Waals surface area contributed by atoms with Crippen LogP contribution in [0.3, 0.4) is 0 Å². The van der Waals surface area contributed by atoms with Gasteiger partial charge in [-0.1, -0.05) is 18.2 Å². The Hall–Kier alpha value is -4.60. The molecule has 0 atom stereocenters. The minimum atomic E-state index is -0.142. The second kappa shape index (κ2) is 10.2. The van der Waals surface area contributed by atoms with Crippen molar-refractivity contribution in [3.8, 4) is 11.4 Å². The van der Waals surface area contributed by atoms with Crippen LogP contribution in [0.25, 0.3) is 22.6 Å². The summed E-state index contributed by atoms with van der Waals surface area (Å²) < 4.78 is 1.92. The van der Waals surface area contributed by atoms with Crippen LogP contribution in [0.4, 0.5) is 17.2 Å². The molecule has 1 aliphatic heterocycles. The van der Waals surface area contributed by atoms with Crippen molar-refractivity contribution in [2.45, 2.75) is 33.2 Å². The van der Waals surface area contributed by atoms with Crippen LogP contribution in [-0.4, -0.2) is 55.1 Å². The lowest BCUT2D eigenvalue weighted by molar-refractivity contribution is -0.127. The topological polar surface area (TPSA) is 122 Å². The molecule has 3 heterocycles. The molecule has 10 nitrogen and oxygen atoms in total. The van der Waals surface area contributed by atoms with Crippen molar-refractivity contribution in [2.24, 2.45) is 0 Å². The molecule has 0 spiro atoms. The summed E-state index contributed by atoms with van der Waals surface area (Å²) in [7, 11) is 0. The van der Waals surface area contributed by atoms with Crippen LogP contribution in [0.5, 0.6) is 0 Å². The van der Waals surface area contributed by atoms with E-state index in [1.54, 1.807) is 30.6 Å². The zero-order valence-electron chi connectivity index (χ0n) is 20.7. The number of anilines is 3. The minimum Gasteiger partial charge on any atom is -0.341 e. The van der Waals surface area contributed by atoms with Gasteiger partial charge in [0, 0.05) is 55.5 Å². The Bertz CT molecular complexity index is 1490. The summed E-state index contributed by atoms with van der Waals surface area (Å²) in [6, 6.07) is 14.5. The number of amides is 2. The van der Waals surface area contributed by atoms with E-state index in [4.69, 9.17) is 9.97 Å². The zero-order valence-corrected chi connectivity index (χ0v) is 20.7. The summed E-state index contributed by atoms with van der Waals surface area (Å²) in [4.78, 5) is 51.4. The van der Waals surface area contributed by atoms with Crippen molar-refractivity contribution in [1.82, 2.24) is 24.4 Å². The summed E-state index contributed by atoms with van der Waals surface area (Å²) in [5, 5.41) is 6.07. The number of Topliss-reactive ketones (excluding diaryl/α,β-unsaturated/α-hetero) is 1. The Morgan fingerprint density at radius 2 is 1.78 bits per heavy atom. The van der Waals surface area contributed by atoms with Gasteiger partial charge in [-0.2, -0.15) is 0 Å². The lowest BCUT2D eigenvalue weighted by Gasteiger charge is -2.16. The van der Waals surface area contributed by atoms with E-state index >= 15 is 0 Å². The van der Waals surface area contributed by atoms with Gasteiger partial charge in [-0.25, -0.2) is 15.0 Å². The van der Waals surface area contributed by atoms with Gasteiger partial charge in [0.2, 0.25) is 11.8 Å². The number of carbonyl (C=O) groups is 3. The molecule has 2 amide bonds. The first-order chi connectivity index (χ1) is 17.9. The summed E-state index contributed by atoms with van der Waals surface area (Å²) in [5.74, 6) is 0.951. The molecule has 0 bridgehead atoms. The Labute approximate surface area is 213 Å². The van der Waals surface area contributed by atoms with Crippen molar-refractivity contribution in [2.75, 3.05) is 23.7 Å². The third kappa shape index (κ3) is 5.32. The van der Waals surface area contributed by atoms with Crippen LogP contribution in [0, 0.1) is 0 Å². The van der Waals surface area contributed by atoms with E-state index in [1.807, 2.05) is 33.7 Å². The number of aromatic nitrogens is 4. The lowest BCUT2D eigenvalue weighted by Crippen LogP contribution is -2.28. The maximum atomic E-state index is 12.1. The van der Waals surface area contributed by atoms with Gasteiger partial charge in [0.05, 0.1) is 6.33 Å². The molecule has 1 saturated heterocycles. The molecule has 188 valence electrons. The number of ketones is 1. The number of carbonyl (C=O) groups excluding carboxylic acids is 3. The number of fused-ring (bicyclic) bond motifs is 1. The molecule has 4 aromatic rings. The maximum Gasteiger partial charge on any atom is 0.222 e. The number of nitrogens with one attached hydrogen (secondary N) is 2. The highest BCUT2D eigenvalue weighted by atomic mass is 16.2. The number of hydrogen-bond donors (Lipinski definition) is 2. The molecular formula is C27H27N7O3. The van der Waals surface area contributed by atoms with E-state index in [0.717, 1.165) is 18.7 Å². The van der Waals surface area contributed by atoms with E-state index in [1.165, 1.54) is 13.8 Å². The summed E-state index contributed by atoms with van der Waals surface area (Å²) in [6.45, 7) is 4.89. The number of rotatable bonds is 8. The fraction of sp³-hybridized carbons (Fsp3) is 0.259. The molecule has 1 aliphatic rings. The summed E-state index contributed by atoms with van der Waals surface area (Å²) in [5.41, 5.74) is 3.95. The smallest absolute Gasteiger partial charge is 0.222 e. The predicted molar refractivity (Wildman–Crippen MR) is 141 cm³/mol. The van der Waals surface area contributed by atoms with Crippen molar-refractivity contribution in [3.05, 3.63) is 60.4 Å². The SMILES string of the molecule is CC(=O)Nc1ccc(Nc2nc(-c3cccc(C(C)=O)c3)nc3c2ncn3CCN2CCCC2=O)cc1. The van der Waals surface area contributed by atoms with Crippen LogP contribution < -0.4 is 10.6 Å². The first-order valence-corrected chi connectivity index (χ1v) is 12.1. The van der Waals surface area contributed by atoms with E-state index in [-0.39, 0.29) is 17.6 Å². The normalized spacial score (nSPS) is 13.2. The molecule has 0 unspecified atom stereocenters. The average Bonchev–Trinajstić information content (AvgIpc) is 3.49. The van der Waals surface area contributed by atoms with Gasteiger partial charge in [-0.3, -0.25) is 14.4 Å². The number of likely N-dealkylation sites (tertiary alicyclic amines) is 1. The van der Waals surface area contributed by atoms with Gasteiger partial charge >= 0.3 is 0 Å². The Morgan fingerprint density at radius 3 is 2.49 bits per heavy atom. The number of benzene rings is 2. The zero-order chi connectivity index (χ0) is 25.9. The van der Waals surface area contributed by atoms with Gasteiger partial charge in [0.15, 0.2) is 28.6 Å². The summed E-state index contributed by atoms with van der Waals surface area (Å²) in [6.07, 6.45) is 3.19. The molecule has 0 aliphatic carbocycles. The molecule has 2 aromatic heterocycles. The molecule has 2 N–H and O–H groups in total. The van der Waals surface area contributed by atoms with E-state index in [2.05, 4.69) is 15.6 Å². The fourth-order valence-corrected chi connectivity index (χ4v) is 4.35. The third-order valence-corrected chi connectivity index (χ3v) is 6.24. The predicted octanol–water partition coefficient (Wildman–Crippen LogP) is 4.02. The largest absolute Gasteiger partial charge is 0.341 e. The minimum absolute atomic E-state index is 0.0409. The monoisotopic (exact) mass is 497 g/mol. The van der Waals surface area contributed by atoms with Gasteiger partial charge in [-0.05, 0) is 43.7 Å². The highest BCUT2D eigenvalue weighted by molar-refractivity contribution is 5.95. The molecule has 5 rings (SSSR count). The second-order valence-electron chi connectivity index (χ2n) is 9.01. The van der Waals surface area contributed by atoms with E-state index in [0.29, 0.717) is 59.1 Å². The van der Waals surface area contributed by atoms with Gasteiger partial charge < -0.3 is 20.1 Å². The Balaban J connectivity index is 1.52. The van der Waals surface area contributed by atoms with Crippen molar-refractivity contribution in [1.29, 1.82) is 0 Å². The standard InChI is InChI=1S/C27H27N7O3/c1-17(35)19-5-3-6-20(15-19)25-31-26(30-22-10-8-21(9-11-22)29-18(2)36)24-27(32-25)34(16-28-24)14-13-33-12-4-7-23(33)37/h3,5-6,8-11,15-16H,4,7,12-14H2,1-2H3,(H,29,36)(H,30,31,32). The van der Waals surface area contributed by atoms with Gasteiger partial charge in [-0.15, -0.1) is 0 Å². The molecule has 0 radical (unpaired) electrons. The fourth-order valence-electron chi connectivity index (χ4n) is 4.35. The second-order valence-corrected chi connectivity index (χ2v) is 9.01. The Kier molecular flexibility index (Phi) is 6.63. The number of hydrogen-bond acceptors (Lipinski definition) is 7. The molecule has 37 heavy (non-hydrogen) atoms. The molecular weight excluding hydrogens is 470 g/mol.